The van der Waals surface area contributed by atoms with Crippen molar-refractivity contribution in [1.82, 2.24) is 10.2 Å². The second-order valence-electron chi connectivity index (χ2n) is 7.03. The molecular weight excluding hydrogens is 449 g/mol. The van der Waals surface area contributed by atoms with E-state index in [4.69, 9.17) is 34.8 Å². The van der Waals surface area contributed by atoms with E-state index < -0.39 is 17.9 Å². The molecule has 0 saturated carbocycles. The van der Waals surface area contributed by atoms with Crippen molar-refractivity contribution < 1.29 is 14.4 Å². The number of carbonyl (C=O) groups excluding carboxylic acids is 3. The molecule has 1 unspecified atom stereocenters. The van der Waals surface area contributed by atoms with Gasteiger partial charge in [0.05, 0.1) is 27.8 Å². The highest BCUT2D eigenvalue weighted by atomic mass is 35.5. The van der Waals surface area contributed by atoms with Crippen LogP contribution in [0.15, 0.2) is 36.4 Å². The van der Waals surface area contributed by atoms with Gasteiger partial charge in [-0.3, -0.25) is 14.4 Å². The summed E-state index contributed by atoms with van der Waals surface area (Å²) in [7, 11) is 0. The minimum absolute atomic E-state index is 0.237. The number of aryl methyl sites for hydroxylation is 1. The fourth-order valence-corrected chi connectivity index (χ4v) is 3.95. The fraction of sp³-hybridized carbons (Fsp3) is 0.286. The normalized spacial score (nSPS) is 15.7. The zero-order valence-corrected chi connectivity index (χ0v) is 18.4. The van der Waals surface area contributed by atoms with Crippen molar-refractivity contribution in [3.8, 4) is 0 Å². The predicted octanol–water partition coefficient (Wildman–Crippen LogP) is 4.31. The largest absolute Gasteiger partial charge is 0.345 e. The van der Waals surface area contributed by atoms with Gasteiger partial charge in [0.15, 0.2) is 0 Å². The van der Waals surface area contributed by atoms with Crippen molar-refractivity contribution in [2.75, 3.05) is 18.4 Å². The van der Waals surface area contributed by atoms with Crippen molar-refractivity contribution in [1.29, 1.82) is 0 Å². The molecule has 1 atom stereocenters. The van der Waals surface area contributed by atoms with Gasteiger partial charge >= 0.3 is 0 Å². The van der Waals surface area contributed by atoms with Crippen LogP contribution < -0.4 is 10.6 Å². The number of anilines is 1. The number of rotatable bonds is 5. The standard InChI is InChI=1S/C21H20Cl3N3O3/c1-12-4-7-17(16(24)9-12)26-19(28)11-25-20(29)18-3-2-8-27(18)21(30)14-10-13(22)5-6-15(14)23/h4-7,9-10,18H,2-3,8,11H2,1H3,(H,25,29)(H,26,28). The van der Waals surface area contributed by atoms with Crippen LogP contribution in [0.3, 0.4) is 0 Å². The molecule has 158 valence electrons. The smallest absolute Gasteiger partial charge is 0.256 e. The zero-order chi connectivity index (χ0) is 21.8. The summed E-state index contributed by atoms with van der Waals surface area (Å²) in [6, 6.07) is 9.20. The molecule has 0 bridgehead atoms. The van der Waals surface area contributed by atoms with Crippen LogP contribution in [0.4, 0.5) is 5.69 Å². The van der Waals surface area contributed by atoms with E-state index in [1.54, 1.807) is 24.3 Å². The maximum Gasteiger partial charge on any atom is 0.256 e. The van der Waals surface area contributed by atoms with E-state index in [-0.39, 0.29) is 23.0 Å². The van der Waals surface area contributed by atoms with Gasteiger partial charge in [-0.2, -0.15) is 0 Å². The Labute approximate surface area is 189 Å². The van der Waals surface area contributed by atoms with Crippen molar-refractivity contribution in [3.63, 3.8) is 0 Å². The van der Waals surface area contributed by atoms with Crippen LogP contribution in [0, 0.1) is 6.92 Å². The number of halogens is 3. The Hall–Kier alpha value is -2.28. The average molecular weight is 469 g/mol. The van der Waals surface area contributed by atoms with Crippen LogP contribution >= 0.6 is 34.8 Å². The van der Waals surface area contributed by atoms with Gasteiger partial charge in [0.1, 0.15) is 6.04 Å². The minimum Gasteiger partial charge on any atom is -0.345 e. The van der Waals surface area contributed by atoms with Gasteiger partial charge < -0.3 is 15.5 Å². The first-order valence-electron chi connectivity index (χ1n) is 9.36. The molecule has 1 heterocycles. The molecule has 0 aromatic heterocycles. The number of benzene rings is 2. The molecule has 6 nitrogen and oxygen atoms in total. The van der Waals surface area contributed by atoms with Crippen LogP contribution in [-0.2, 0) is 9.59 Å². The molecule has 2 aromatic rings. The first-order chi connectivity index (χ1) is 14.3. The Bertz CT molecular complexity index is 997. The molecule has 3 rings (SSSR count). The molecule has 2 N–H and O–H groups in total. The Balaban J connectivity index is 1.61. The monoisotopic (exact) mass is 467 g/mol. The molecule has 0 spiro atoms. The molecule has 1 fully saturated rings. The lowest BCUT2D eigenvalue weighted by Crippen LogP contribution is -2.47. The summed E-state index contributed by atoms with van der Waals surface area (Å²) in [5.41, 5.74) is 1.68. The first-order valence-corrected chi connectivity index (χ1v) is 10.5. The molecule has 0 aliphatic carbocycles. The quantitative estimate of drug-likeness (QED) is 0.686. The molecule has 2 aromatic carbocycles. The molecule has 1 aliphatic heterocycles. The van der Waals surface area contributed by atoms with Gasteiger partial charge in [-0.25, -0.2) is 0 Å². The summed E-state index contributed by atoms with van der Waals surface area (Å²) in [5, 5.41) is 6.32. The number of amides is 3. The van der Waals surface area contributed by atoms with Crippen LogP contribution in [0.5, 0.6) is 0 Å². The lowest BCUT2D eigenvalue weighted by molar-refractivity contribution is -0.127. The van der Waals surface area contributed by atoms with Crippen molar-refractivity contribution in [3.05, 3.63) is 62.6 Å². The van der Waals surface area contributed by atoms with Crippen LogP contribution in [0.2, 0.25) is 15.1 Å². The number of likely N-dealkylation sites (tertiary alicyclic amines) is 1. The molecule has 1 aliphatic rings. The van der Waals surface area contributed by atoms with E-state index >= 15 is 0 Å². The lowest BCUT2D eigenvalue weighted by Gasteiger charge is -2.24. The van der Waals surface area contributed by atoms with Gasteiger partial charge in [-0.15, -0.1) is 0 Å². The molecule has 30 heavy (non-hydrogen) atoms. The predicted molar refractivity (Wildman–Crippen MR) is 118 cm³/mol. The summed E-state index contributed by atoms with van der Waals surface area (Å²) < 4.78 is 0. The summed E-state index contributed by atoms with van der Waals surface area (Å²) in [6.07, 6.45) is 1.17. The van der Waals surface area contributed by atoms with E-state index in [2.05, 4.69) is 10.6 Å². The van der Waals surface area contributed by atoms with Gasteiger partial charge in [0, 0.05) is 11.6 Å². The highest BCUT2D eigenvalue weighted by Crippen LogP contribution is 2.26. The van der Waals surface area contributed by atoms with Gasteiger partial charge in [-0.05, 0) is 55.7 Å². The van der Waals surface area contributed by atoms with E-state index in [0.717, 1.165) is 5.56 Å². The third-order valence-corrected chi connectivity index (χ3v) is 5.67. The third-order valence-electron chi connectivity index (χ3n) is 4.80. The second kappa shape index (κ2) is 9.69. The second-order valence-corrected chi connectivity index (χ2v) is 8.28. The number of carbonyl (C=O) groups is 3. The molecule has 9 heteroatoms. The Kier molecular flexibility index (Phi) is 7.23. The highest BCUT2D eigenvalue weighted by molar-refractivity contribution is 6.36. The SMILES string of the molecule is Cc1ccc(NC(=O)CNC(=O)C2CCCN2C(=O)c2cc(Cl)ccc2Cl)c(Cl)c1. The maximum atomic E-state index is 12.9. The van der Waals surface area contributed by atoms with Crippen molar-refractivity contribution in [2.45, 2.75) is 25.8 Å². The van der Waals surface area contributed by atoms with E-state index in [9.17, 15) is 14.4 Å². The van der Waals surface area contributed by atoms with E-state index in [1.165, 1.54) is 11.0 Å². The molecule has 1 saturated heterocycles. The summed E-state index contributed by atoms with van der Waals surface area (Å²) in [4.78, 5) is 39.2. The van der Waals surface area contributed by atoms with Crippen LogP contribution in [0.1, 0.15) is 28.8 Å². The number of nitrogens with zero attached hydrogens (tertiary/aromatic N) is 1. The topological polar surface area (TPSA) is 78.5 Å². The Morgan fingerprint density at radius 1 is 1.07 bits per heavy atom. The number of hydrogen-bond donors (Lipinski definition) is 2. The van der Waals surface area contributed by atoms with Gasteiger partial charge in [-0.1, -0.05) is 40.9 Å². The lowest BCUT2D eigenvalue weighted by atomic mass is 10.1. The van der Waals surface area contributed by atoms with Crippen LogP contribution in [0.25, 0.3) is 0 Å². The summed E-state index contributed by atoms with van der Waals surface area (Å²) >= 11 is 18.2. The third kappa shape index (κ3) is 5.25. The maximum absolute atomic E-state index is 12.9. The Morgan fingerprint density at radius 2 is 1.83 bits per heavy atom. The highest BCUT2D eigenvalue weighted by Gasteiger charge is 2.35. The van der Waals surface area contributed by atoms with Crippen molar-refractivity contribution in [2.24, 2.45) is 0 Å². The number of nitrogens with one attached hydrogen (secondary N) is 2. The van der Waals surface area contributed by atoms with E-state index in [0.29, 0.717) is 35.1 Å². The average Bonchev–Trinajstić information content (AvgIpc) is 3.19. The molecule has 3 amide bonds. The molecule has 0 radical (unpaired) electrons. The zero-order valence-electron chi connectivity index (χ0n) is 16.2. The first kappa shape index (κ1) is 22.4. The van der Waals surface area contributed by atoms with Crippen LogP contribution in [-0.4, -0.2) is 41.8 Å². The summed E-state index contributed by atoms with van der Waals surface area (Å²) in [6.45, 7) is 2.08. The Morgan fingerprint density at radius 3 is 2.57 bits per heavy atom. The number of hydrogen-bond acceptors (Lipinski definition) is 3. The van der Waals surface area contributed by atoms with Gasteiger partial charge in [0.2, 0.25) is 11.8 Å². The summed E-state index contributed by atoms with van der Waals surface area (Å²) in [5.74, 6) is -1.18. The van der Waals surface area contributed by atoms with E-state index in [1.807, 2.05) is 13.0 Å². The molecular formula is C21H20Cl3N3O3. The fourth-order valence-electron chi connectivity index (χ4n) is 3.30. The minimum atomic E-state index is -0.677. The van der Waals surface area contributed by atoms with Crippen molar-refractivity contribution >= 4 is 58.2 Å². The van der Waals surface area contributed by atoms with Gasteiger partial charge in [0.25, 0.3) is 5.91 Å².